The molecule has 0 radical (unpaired) electrons. The number of rotatable bonds is 5. The molecule has 0 spiro atoms. The Morgan fingerprint density at radius 2 is 1.96 bits per heavy atom. The van der Waals surface area contributed by atoms with Gasteiger partial charge >= 0.3 is 5.97 Å². The molecular formula is C19H24N2O3. The maximum absolute atomic E-state index is 12.7. The largest absolute Gasteiger partial charge is 0.467 e. The predicted molar refractivity (Wildman–Crippen MR) is 94.0 cm³/mol. The number of methoxy groups -OCH3 is 1. The minimum atomic E-state index is -1.05. The van der Waals surface area contributed by atoms with Crippen molar-refractivity contribution in [2.24, 2.45) is 0 Å². The summed E-state index contributed by atoms with van der Waals surface area (Å²) in [5, 5.41) is 3.73. The summed E-state index contributed by atoms with van der Waals surface area (Å²) < 4.78 is 4.85. The molecule has 1 heterocycles. The van der Waals surface area contributed by atoms with Crippen molar-refractivity contribution >= 4 is 22.8 Å². The first-order valence-corrected chi connectivity index (χ1v) is 8.09. The van der Waals surface area contributed by atoms with Crippen molar-refractivity contribution in [1.82, 2.24) is 10.3 Å². The number of carbonyl (C=O) groups is 2. The molecule has 1 N–H and O–H groups in total. The summed E-state index contributed by atoms with van der Waals surface area (Å²) in [5.74, 6) is -0.760. The van der Waals surface area contributed by atoms with Crippen LogP contribution in [-0.2, 0) is 9.53 Å². The van der Waals surface area contributed by atoms with Gasteiger partial charge in [0.15, 0.2) is 0 Å². The molecule has 24 heavy (non-hydrogen) atoms. The average molecular weight is 328 g/mol. The number of fused-ring (bicyclic) bond motifs is 1. The Labute approximate surface area is 142 Å². The zero-order valence-electron chi connectivity index (χ0n) is 14.9. The molecule has 0 fully saturated rings. The van der Waals surface area contributed by atoms with Crippen molar-refractivity contribution in [3.05, 3.63) is 41.1 Å². The normalized spacial score (nSPS) is 13.4. The van der Waals surface area contributed by atoms with Crippen LogP contribution in [0.4, 0.5) is 0 Å². The first-order valence-electron chi connectivity index (χ1n) is 8.09. The van der Waals surface area contributed by atoms with Gasteiger partial charge in [-0.15, -0.1) is 0 Å². The predicted octanol–water partition coefficient (Wildman–Crippen LogP) is 3.31. The van der Waals surface area contributed by atoms with Gasteiger partial charge in [-0.25, -0.2) is 4.79 Å². The monoisotopic (exact) mass is 328 g/mol. The minimum Gasteiger partial charge on any atom is -0.467 e. The summed E-state index contributed by atoms with van der Waals surface area (Å²) in [5.41, 5.74) is 2.00. The van der Waals surface area contributed by atoms with Gasteiger partial charge in [-0.05, 0) is 45.4 Å². The van der Waals surface area contributed by atoms with E-state index in [1.165, 1.54) is 7.11 Å². The fourth-order valence-electron chi connectivity index (χ4n) is 2.88. The van der Waals surface area contributed by atoms with Gasteiger partial charge in [-0.2, -0.15) is 0 Å². The molecule has 1 atom stereocenters. The SMILES string of the molecule is CCC[C@](C)(NC(=O)c1cc2cc(C)ccc2nc1C)C(=O)OC. The molecule has 1 amide bonds. The van der Waals surface area contributed by atoms with Crippen LogP contribution in [0.25, 0.3) is 10.9 Å². The highest BCUT2D eigenvalue weighted by Gasteiger charge is 2.35. The number of amides is 1. The first kappa shape index (κ1) is 17.9. The van der Waals surface area contributed by atoms with Crippen molar-refractivity contribution in [1.29, 1.82) is 0 Å². The Morgan fingerprint density at radius 3 is 2.58 bits per heavy atom. The zero-order valence-corrected chi connectivity index (χ0v) is 14.9. The molecule has 0 bridgehead atoms. The number of carbonyl (C=O) groups excluding carboxylic acids is 2. The van der Waals surface area contributed by atoms with Gasteiger partial charge in [0.05, 0.1) is 23.9 Å². The molecule has 0 aliphatic carbocycles. The van der Waals surface area contributed by atoms with Crippen LogP contribution in [0.1, 0.15) is 48.3 Å². The number of aryl methyl sites for hydroxylation is 2. The molecule has 2 rings (SSSR count). The smallest absolute Gasteiger partial charge is 0.331 e. The van der Waals surface area contributed by atoms with E-state index in [4.69, 9.17) is 4.74 Å². The van der Waals surface area contributed by atoms with E-state index in [1.807, 2.05) is 38.1 Å². The molecule has 128 valence electrons. The molecule has 0 aliphatic heterocycles. The Bertz CT molecular complexity index is 786. The number of aromatic nitrogens is 1. The quantitative estimate of drug-likeness (QED) is 0.855. The van der Waals surface area contributed by atoms with Gasteiger partial charge in [0.2, 0.25) is 0 Å². The van der Waals surface area contributed by atoms with Crippen molar-refractivity contribution in [2.75, 3.05) is 7.11 Å². The second kappa shape index (κ2) is 6.99. The fraction of sp³-hybridized carbons (Fsp3) is 0.421. The number of nitrogens with zero attached hydrogens (tertiary/aromatic N) is 1. The van der Waals surface area contributed by atoms with Crippen LogP contribution in [0.2, 0.25) is 0 Å². The molecule has 5 nitrogen and oxygen atoms in total. The second-order valence-corrected chi connectivity index (χ2v) is 6.35. The van der Waals surface area contributed by atoms with Gasteiger partial charge in [0.1, 0.15) is 5.54 Å². The van der Waals surface area contributed by atoms with Crippen LogP contribution in [-0.4, -0.2) is 29.5 Å². The number of pyridine rings is 1. The number of hydrogen-bond acceptors (Lipinski definition) is 4. The van der Waals surface area contributed by atoms with Crippen LogP contribution in [0.5, 0.6) is 0 Å². The third kappa shape index (κ3) is 3.55. The summed E-state index contributed by atoms with van der Waals surface area (Å²) in [4.78, 5) is 29.3. The van der Waals surface area contributed by atoms with Crippen molar-refractivity contribution in [2.45, 2.75) is 46.1 Å². The molecule has 1 aromatic carbocycles. The number of nitrogens with one attached hydrogen (secondary N) is 1. The Balaban J connectivity index is 2.39. The van der Waals surface area contributed by atoms with Crippen molar-refractivity contribution in [3.8, 4) is 0 Å². The van der Waals surface area contributed by atoms with Crippen LogP contribution in [0.15, 0.2) is 24.3 Å². The number of hydrogen-bond donors (Lipinski definition) is 1. The summed E-state index contributed by atoms with van der Waals surface area (Å²) in [6, 6.07) is 7.74. The van der Waals surface area contributed by atoms with Gasteiger partial charge in [0, 0.05) is 5.39 Å². The van der Waals surface area contributed by atoms with E-state index in [-0.39, 0.29) is 5.91 Å². The molecule has 0 saturated heterocycles. The average Bonchev–Trinajstić information content (AvgIpc) is 2.53. The summed E-state index contributed by atoms with van der Waals surface area (Å²) in [7, 11) is 1.33. The summed E-state index contributed by atoms with van der Waals surface area (Å²) in [6.45, 7) is 7.44. The molecule has 0 unspecified atom stereocenters. The lowest BCUT2D eigenvalue weighted by Gasteiger charge is -2.27. The number of ether oxygens (including phenoxy) is 1. The third-order valence-electron chi connectivity index (χ3n) is 4.18. The molecule has 0 aliphatic rings. The maximum atomic E-state index is 12.7. The lowest BCUT2D eigenvalue weighted by molar-refractivity contribution is -0.147. The standard InChI is InChI=1S/C19H24N2O3/c1-6-9-19(4,18(23)24-5)21-17(22)15-11-14-10-12(2)7-8-16(14)20-13(15)3/h7-8,10-11H,6,9H2,1-5H3,(H,21,22)/t19-/m0/s1. The van der Waals surface area contributed by atoms with Gasteiger partial charge < -0.3 is 10.1 Å². The lowest BCUT2D eigenvalue weighted by Crippen LogP contribution is -2.52. The van der Waals surface area contributed by atoms with E-state index in [9.17, 15) is 9.59 Å². The molecular weight excluding hydrogens is 304 g/mol. The molecule has 0 saturated carbocycles. The van der Waals surface area contributed by atoms with Crippen LogP contribution in [0.3, 0.4) is 0 Å². The van der Waals surface area contributed by atoms with Crippen LogP contribution in [0, 0.1) is 13.8 Å². The fourth-order valence-corrected chi connectivity index (χ4v) is 2.88. The highest BCUT2D eigenvalue weighted by molar-refractivity contribution is 6.01. The molecule has 5 heteroatoms. The third-order valence-corrected chi connectivity index (χ3v) is 4.18. The van der Waals surface area contributed by atoms with E-state index in [1.54, 1.807) is 13.8 Å². The second-order valence-electron chi connectivity index (χ2n) is 6.35. The maximum Gasteiger partial charge on any atom is 0.331 e. The highest BCUT2D eigenvalue weighted by atomic mass is 16.5. The number of benzene rings is 1. The number of esters is 1. The Kier molecular flexibility index (Phi) is 5.22. The van der Waals surface area contributed by atoms with Gasteiger partial charge in [-0.3, -0.25) is 9.78 Å². The van der Waals surface area contributed by atoms with Crippen molar-refractivity contribution in [3.63, 3.8) is 0 Å². The van der Waals surface area contributed by atoms with Gasteiger partial charge in [0.25, 0.3) is 5.91 Å². The molecule has 2 aromatic rings. The van der Waals surface area contributed by atoms with Crippen molar-refractivity contribution < 1.29 is 14.3 Å². The highest BCUT2D eigenvalue weighted by Crippen LogP contribution is 2.20. The first-order chi connectivity index (χ1) is 11.3. The van der Waals surface area contributed by atoms with E-state index in [0.29, 0.717) is 17.7 Å². The Hall–Kier alpha value is -2.43. The summed E-state index contributed by atoms with van der Waals surface area (Å²) >= 11 is 0. The topological polar surface area (TPSA) is 68.3 Å². The minimum absolute atomic E-state index is 0.315. The lowest BCUT2D eigenvalue weighted by atomic mass is 9.95. The Morgan fingerprint density at radius 1 is 1.25 bits per heavy atom. The van der Waals surface area contributed by atoms with Gasteiger partial charge in [-0.1, -0.05) is 25.0 Å². The molecule has 1 aromatic heterocycles. The van der Waals surface area contributed by atoms with E-state index < -0.39 is 11.5 Å². The van der Waals surface area contributed by atoms with E-state index >= 15 is 0 Å². The van der Waals surface area contributed by atoms with E-state index in [0.717, 1.165) is 22.9 Å². The zero-order chi connectivity index (χ0) is 17.9. The van der Waals surface area contributed by atoms with Crippen LogP contribution < -0.4 is 5.32 Å². The van der Waals surface area contributed by atoms with Crippen LogP contribution >= 0.6 is 0 Å². The van der Waals surface area contributed by atoms with E-state index in [2.05, 4.69) is 10.3 Å². The summed E-state index contributed by atoms with van der Waals surface area (Å²) in [6.07, 6.45) is 1.25.